The van der Waals surface area contributed by atoms with Gasteiger partial charge in [0.25, 0.3) is 0 Å². The molecule has 0 saturated carbocycles. The lowest BCUT2D eigenvalue weighted by Crippen LogP contribution is -2.29. The SMILES string of the molecule is CN(CCOc1cccc(Br)c1)CCS(C)(=O)=O. The van der Waals surface area contributed by atoms with E-state index in [0.717, 1.165) is 10.2 Å². The van der Waals surface area contributed by atoms with Crippen LogP contribution < -0.4 is 4.74 Å². The molecule has 1 rings (SSSR count). The van der Waals surface area contributed by atoms with Crippen molar-refractivity contribution in [3.63, 3.8) is 0 Å². The smallest absolute Gasteiger partial charge is 0.148 e. The van der Waals surface area contributed by atoms with E-state index in [4.69, 9.17) is 4.74 Å². The molecule has 6 heteroatoms. The summed E-state index contributed by atoms with van der Waals surface area (Å²) in [5.74, 6) is 0.987. The normalized spacial score (nSPS) is 11.8. The van der Waals surface area contributed by atoms with Crippen molar-refractivity contribution in [1.82, 2.24) is 4.90 Å². The molecule has 0 fully saturated rings. The predicted octanol–water partition coefficient (Wildman–Crippen LogP) is 1.80. The fourth-order valence-electron chi connectivity index (χ4n) is 1.31. The standard InChI is InChI=1S/C12H18BrNO3S/c1-14(7-9-18(2,15)16)6-8-17-12-5-3-4-11(13)10-12/h3-5,10H,6-9H2,1-2H3. The third kappa shape index (κ3) is 6.98. The van der Waals surface area contributed by atoms with Gasteiger partial charge in [0.2, 0.25) is 0 Å². The first-order valence-electron chi connectivity index (χ1n) is 5.61. The van der Waals surface area contributed by atoms with E-state index in [1.807, 2.05) is 36.2 Å². The molecule has 0 aliphatic rings. The summed E-state index contributed by atoms with van der Waals surface area (Å²) in [7, 11) is -1.01. The fraction of sp³-hybridized carbons (Fsp3) is 0.500. The van der Waals surface area contributed by atoms with Gasteiger partial charge in [-0.15, -0.1) is 0 Å². The van der Waals surface area contributed by atoms with Crippen LogP contribution in [0.4, 0.5) is 0 Å². The van der Waals surface area contributed by atoms with Gasteiger partial charge in [0.1, 0.15) is 22.2 Å². The van der Waals surface area contributed by atoms with Gasteiger partial charge >= 0.3 is 0 Å². The first-order chi connectivity index (χ1) is 8.37. The Morgan fingerprint density at radius 3 is 2.67 bits per heavy atom. The summed E-state index contributed by atoms with van der Waals surface area (Å²) >= 11 is 3.37. The molecule has 0 N–H and O–H groups in total. The Balaban J connectivity index is 2.25. The van der Waals surface area contributed by atoms with Crippen molar-refractivity contribution >= 4 is 25.8 Å². The molecule has 4 nitrogen and oxygen atoms in total. The Morgan fingerprint density at radius 1 is 1.33 bits per heavy atom. The van der Waals surface area contributed by atoms with Gasteiger partial charge in [0.15, 0.2) is 0 Å². The van der Waals surface area contributed by atoms with Gasteiger partial charge in [-0.25, -0.2) is 8.42 Å². The number of hydrogen-bond donors (Lipinski definition) is 0. The molecule has 0 saturated heterocycles. The molecule has 0 amide bonds. The first kappa shape index (κ1) is 15.5. The van der Waals surface area contributed by atoms with Crippen molar-refractivity contribution in [3.05, 3.63) is 28.7 Å². The van der Waals surface area contributed by atoms with Gasteiger partial charge in [0.05, 0.1) is 5.75 Å². The summed E-state index contributed by atoms with van der Waals surface area (Å²) in [6.45, 7) is 1.76. The molecule has 0 radical (unpaired) electrons. The third-order valence-corrected chi connectivity index (χ3v) is 3.80. The van der Waals surface area contributed by atoms with Crippen LogP contribution in [0.1, 0.15) is 0 Å². The predicted molar refractivity (Wildman–Crippen MR) is 76.8 cm³/mol. The number of nitrogens with zero attached hydrogens (tertiary/aromatic N) is 1. The Hall–Kier alpha value is -0.590. The van der Waals surface area contributed by atoms with Gasteiger partial charge in [-0.05, 0) is 25.2 Å². The number of likely N-dealkylation sites (N-methyl/N-ethyl adjacent to an activating group) is 1. The minimum absolute atomic E-state index is 0.181. The molecule has 0 aliphatic carbocycles. The van der Waals surface area contributed by atoms with E-state index in [1.165, 1.54) is 6.26 Å². The molecule has 0 bridgehead atoms. The molecule has 102 valence electrons. The quantitative estimate of drug-likeness (QED) is 0.762. The molecule has 0 spiro atoms. The zero-order valence-electron chi connectivity index (χ0n) is 10.6. The highest BCUT2D eigenvalue weighted by Crippen LogP contribution is 2.17. The zero-order valence-corrected chi connectivity index (χ0v) is 13.0. The van der Waals surface area contributed by atoms with E-state index in [9.17, 15) is 8.42 Å². The summed E-state index contributed by atoms with van der Waals surface area (Å²) < 4.78 is 28.6. The Bertz CT molecular complexity index is 476. The molecule has 0 unspecified atom stereocenters. The highest BCUT2D eigenvalue weighted by Gasteiger charge is 2.05. The molecule has 1 aromatic rings. The highest BCUT2D eigenvalue weighted by molar-refractivity contribution is 9.10. The van der Waals surface area contributed by atoms with E-state index < -0.39 is 9.84 Å². The number of sulfone groups is 1. The first-order valence-corrected chi connectivity index (χ1v) is 8.47. The van der Waals surface area contributed by atoms with E-state index in [-0.39, 0.29) is 5.75 Å². The Kier molecular flexibility index (Phi) is 6.11. The molecule has 0 aromatic heterocycles. The maximum atomic E-state index is 11.0. The molecule has 0 atom stereocenters. The van der Waals surface area contributed by atoms with Crippen LogP contribution in [0, 0.1) is 0 Å². The van der Waals surface area contributed by atoms with Crippen LogP contribution in [0.15, 0.2) is 28.7 Å². The Morgan fingerprint density at radius 2 is 2.06 bits per heavy atom. The number of rotatable bonds is 7. The average Bonchev–Trinajstić information content (AvgIpc) is 2.25. The third-order valence-electron chi connectivity index (χ3n) is 2.38. The summed E-state index contributed by atoms with van der Waals surface area (Å²) in [5.41, 5.74) is 0. The lowest BCUT2D eigenvalue weighted by atomic mass is 10.3. The lowest BCUT2D eigenvalue weighted by molar-refractivity contribution is 0.244. The van der Waals surface area contributed by atoms with Gasteiger partial charge in [-0.2, -0.15) is 0 Å². The number of benzene rings is 1. The molecule has 18 heavy (non-hydrogen) atoms. The lowest BCUT2D eigenvalue weighted by Gasteiger charge is -2.16. The van der Waals surface area contributed by atoms with Crippen molar-refractivity contribution in [3.8, 4) is 5.75 Å². The van der Waals surface area contributed by atoms with Crippen LogP contribution >= 0.6 is 15.9 Å². The van der Waals surface area contributed by atoms with Crippen molar-refractivity contribution in [2.24, 2.45) is 0 Å². The van der Waals surface area contributed by atoms with E-state index in [0.29, 0.717) is 19.7 Å². The van der Waals surface area contributed by atoms with Crippen LogP contribution in [0.5, 0.6) is 5.75 Å². The molecular formula is C12H18BrNO3S. The zero-order chi connectivity index (χ0) is 13.6. The molecule has 0 aliphatic heterocycles. The average molecular weight is 336 g/mol. The van der Waals surface area contributed by atoms with Crippen molar-refractivity contribution in [2.45, 2.75) is 0 Å². The van der Waals surface area contributed by atoms with Crippen LogP contribution in [-0.4, -0.2) is 52.1 Å². The van der Waals surface area contributed by atoms with Crippen LogP contribution in [0.2, 0.25) is 0 Å². The topological polar surface area (TPSA) is 46.6 Å². The summed E-state index contributed by atoms with van der Waals surface area (Å²) in [6.07, 6.45) is 1.25. The summed E-state index contributed by atoms with van der Waals surface area (Å²) in [6, 6.07) is 7.63. The number of hydrogen-bond acceptors (Lipinski definition) is 4. The second kappa shape index (κ2) is 7.11. The van der Waals surface area contributed by atoms with Gasteiger partial charge in [-0.1, -0.05) is 22.0 Å². The fourth-order valence-corrected chi connectivity index (χ4v) is 2.33. The minimum atomic E-state index is -2.89. The number of ether oxygens (including phenoxy) is 1. The molecule has 1 aromatic carbocycles. The van der Waals surface area contributed by atoms with Crippen molar-refractivity contribution in [2.75, 3.05) is 38.8 Å². The Labute approximate surface area is 117 Å². The van der Waals surface area contributed by atoms with Crippen LogP contribution in [0.25, 0.3) is 0 Å². The van der Waals surface area contributed by atoms with E-state index in [1.54, 1.807) is 0 Å². The number of halogens is 1. The van der Waals surface area contributed by atoms with Gasteiger partial charge in [-0.3, -0.25) is 0 Å². The minimum Gasteiger partial charge on any atom is -0.492 e. The highest BCUT2D eigenvalue weighted by atomic mass is 79.9. The maximum Gasteiger partial charge on any atom is 0.148 e. The summed E-state index contributed by atoms with van der Waals surface area (Å²) in [5, 5.41) is 0. The van der Waals surface area contributed by atoms with Crippen molar-refractivity contribution in [1.29, 1.82) is 0 Å². The van der Waals surface area contributed by atoms with E-state index >= 15 is 0 Å². The van der Waals surface area contributed by atoms with Gasteiger partial charge in [0, 0.05) is 23.8 Å². The van der Waals surface area contributed by atoms with Crippen molar-refractivity contribution < 1.29 is 13.2 Å². The van der Waals surface area contributed by atoms with Crippen LogP contribution in [0.3, 0.4) is 0 Å². The second-order valence-corrected chi connectivity index (χ2v) is 7.41. The largest absolute Gasteiger partial charge is 0.492 e. The maximum absolute atomic E-state index is 11.0. The molecular weight excluding hydrogens is 318 g/mol. The second-order valence-electron chi connectivity index (χ2n) is 4.24. The van der Waals surface area contributed by atoms with Gasteiger partial charge < -0.3 is 9.64 Å². The van der Waals surface area contributed by atoms with Crippen LogP contribution in [-0.2, 0) is 9.84 Å². The summed E-state index contributed by atoms with van der Waals surface area (Å²) in [4.78, 5) is 1.94. The van der Waals surface area contributed by atoms with E-state index in [2.05, 4.69) is 15.9 Å². The molecule has 0 heterocycles. The monoisotopic (exact) mass is 335 g/mol.